The molecule has 0 atom stereocenters. The van der Waals surface area contributed by atoms with Crippen molar-refractivity contribution in [1.29, 1.82) is 10.5 Å². The van der Waals surface area contributed by atoms with Gasteiger partial charge in [-0.2, -0.15) is 10.5 Å². The van der Waals surface area contributed by atoms with Gasteiger partial charge in [-0.3, -0.25) is 0 Å². The lowest BCUT2D eigenvalue weighted by Crippen LogP contribution is -2.04. The van der Waals surface area contributed by atoms with Crippen LogP contribution < -0.4 is 0 Å². The molecular weight excluding hydrogens is 809 g/mol. The number of benzene rings is 9. The number of aromatic nitrogens is 4. The minimum Gasteiger partial charge on any atom is -0.456 e. The van der Waals surface area contributed by atoms with Gasteiger partial charge in [0.25, 0.3) is 0 Å². The standard InChI is InChI=1S/C59H34N6O/c60-35-37-15-19-39(20-16-37)45-23-27-47-48-28-24-46(40-21-17-38(36-61)18-22-40)34-54(48)65(53(47)33-45)52-29-25-43(44-26-30-56-50(31-44)49-13-7-8-14-55(49)66-56)32-51(52)59-63-57(41-9-3-1-4-10-41)62-58(64-59)42-11-5-2-6-12-42/h1-34H. The largest absolute Gasteiger partial charge is 0.456 e. The Morgan fingerprint density at radius 3 is 1.38 bits per heavy atom. The lowest BCUT2D eigenvalue weighted by molar-refractivity contribution is 0.669. The second-order valence-corrected chi connectivity index (χ2v) is 16.3. The molecule has 0 amide bonds. The molecule has 0 saturated heterocycles. The quantitative estimate of drug-likeness (QED) is 0.158. The zero-order chi connectivity index (χ0) is 44.1. The van der Waals surface area contributed by atoms with Crippen molar-refractivity contribution in [2.75, 3.05) is 0 Å². The third kappa shape index (κ3) is 6.64. The summed E-state index contributed by atoms with van der Waals surface area (Å²) < 4.78 is 8.57. The van der Waals surface area contributed by atoms with Crippen LogP contribution in [-0.2, 0) is 0 Å². The van der Waals surface area contributed by atoms with Gasteiger partial charge in [0.2, 0.25) is 0 Å². The van der Waals surface area contributed by atoms with Crippen molar-refractivity contribution >= 4 is 43.7 Å². The topological polar surface area (TPSA) is 104 Å². The molecule has 0 N–H and O–H groups in total. The van der Waals surface area contributed by atoms with Gasteiger partial charge in [0.1, 0.15) is 11.2 Å². The predicted molar refractivity (Wildman–Crippen MR) is 263 cm³/mol. The Labute approximate surface area is 379 Å². The normalized spacial score (nSPS) is 11.3. The predicted octanol–water partition coefficient (Wildman–Crippen LogP) is 14.6. The SMILES string of the molecule is N#Cc1ccc(-c2ccc3c4ccc(-c5ccc(C#N)cc5)cc4n(-c4ccc(-c5ccc6oc7ccccc7c6c5)cc4-c4nc(-c5ccccc5)nc(-c5ccccc5)n4)c3c2)cc1. The zero-order valence-corrected chi connectivity index (χ0v) is 35.2. The molecular formula is C59H34N6O. The van der Waals surface area contributed by atoms with Crippen LogP contribution in [-0.4, -0.2) is 19.5 Å². The van der Waals surface area contributed by atoms with Crippen molar-refractivity contribution in [2.45, 2.75) is 0 Å². The first kappa shape index (κ1) is 38.3. The highest BCUT2D eigenvalue weighted by molar-refractivity contribution is 6.12. The summed E-state index contributed by atoms with van der Waals surface area (Å²) in [6.07, 6.45) is 0. The number of hydrogen-bond donors (Lipinski definition) is 0. The van der Waals surface area contributed by atoms with Crippen molar-refractivity contribution in [2.24, 2.45) is 0 Å². The minimum atomic E-state index is 0.524. The van der Waals surface area contributed by atoms with E-state index in [2.05, 4.69) is 89.5 Å². The molecule has 3 heterocycles. The number of hydrogen-bond acceptors (Lipinski definition) is 6. The van der Waals surface area contributed by atoms with Crippen LogP contribution in [0.25, 0.3) is 117 Å². The van der Waals surface area contributed by atoms with Crippen LogP contribution in [0.3, 0.4) is 0 Å². The molecule has 12 rings (SSSR count). The molecule has 0 aliphatic heterocycles. The van der Waals surface area contributed by atoms with Crippen molar-refractivity contribution in [3.05, 3.63) is 217 Å². The van der Waals surface area contributed by atoms with E-state index in [1.165, 1.54) is 0 Å². The van der Waals surface area contributed by atoms with E-state index in [1.807, 2.05) is 133 Å². The van der Waals surface area contributed by atoms with E-state index in [0.717, 1.165) is 99.5 Å². The van der Waals surface area contributed by atoms with Gasteiger partial charge in [-0.05, 0) is 100 Å². The molecule has 66 heavy (non-hydrogen) atoms. The van der Waals surface area contributed by atoms with Crippen LogP contribution in [0.15, 0.2) is 211 Å². The third-order valence-electron chi connectivity index (χ3n) is 12.3. The summed E-state index contributed by atoms with van der Waals surface area (Å²) in [5.74, 6) is 1.65. The first-order chi connectivity index (χ1) is 32.6. The molecule has 0 spiro atoms. The number of fused-ring (bicyclic) bond motifs is 6. The molecule has 9 aromatic carbocycles. The third-order valence-corrected chi connectivity index (χ3v) is 12.3. The molecule has 12 aromatic rings. The Kier molecular flexibility index (Phi) is 9.12. The maximum atomic E-state index is 9.58. The monoisotopic (exact) mass is 842 g/mol. The van der Waals surface area contributed by atoms with Gasteiger partial charge >= 0.3 is 0 Å². The number of nitrogens with zero attached hydrogens (tertiary/aromatic N) is 6. The van der Waals surface area contributed by atoms with Gasteiger partial charge < -0.3 is 8.98 Å². The van der Waals surface area contributed by atoms with Gasteiger partial charge in [0.05, 0.1) is 40.0 Å². The average molecular weight is 843 g/mol. The van der Waals surface area contributed by atoms with Gasteiger partial charge in [-0.25, -0.2) is 15.0 Å². The van der Waals surface area contributed by atoms with Crippen LogP contribution in [0.4, 0.5) is 0 Å². The molecule has 0 fully saturated rings. The van der Waals surface area contributed by atoms with Gasteiger partial charge in [0.15, 0.2) is 17.5 Å². The Bertz CT molecular complexity index is 3760. The molecule has 0 aliphatic rings. The summed E-state index contributed by atoms with van der Waals surface area (Å²) in [6, 6.07) is 74.1. The fourth-order valence-corrected chi connectivity index (χ4v) is 9.04. The second-order valence-electron chi connectivity index (χ2n) is 16.3. The molecule has 7 heteroatoms. The minimum absolute atomic E-state index is 0.524. The lowest BCUT2D eigenvalue weighted by Gasteiger charge is -2.17. The molecule has 0 saturated carbocycles. The molecule has 306 valence electrons. The molecule has 0 aliphatic carbocycles. The molecule has 7 nitrogen and oxygen atoms in total. The van der Waals surface area contributed by atoms with Crippen molar-refractivity contribution in [3.63, 3.8) is 0 Å². The molecule has 0 unspecified atom stereocenters. The molecule has 0 bridgehead atoms. The number of para-hydroxylation sites is 1. The fourth-order valence-electron chi connectivity index (χ4n) is 9.04. The fraction of sp³-hybridized carbons (Fsp3) is 0. The Morgan fingerprint density at radius 1 is 0.348 bits per heavy atom. The number of furan rings is 1. The number of nitriles is 2. The summed E-state index contributed by atoms with van der Waals surface area (Å²) >= 11 is 0. The van der Waals surface area contributed by atoms with Crippen LogP contribution in [0, 0.1) is 22.7 Å². The second kappa shape index (κ2) is 15.7. The van der Waals surface area contributed by atoms with E-state index >= 15 is 0 Å². The van der Waals surface area contributed by atoms with Gasteiger partial charge in [-0.1, -0.05) is 140 Å². The Hall–Kier alpha value is -9.43. The van der Waals surface area contributed by atoms with Crippen molar-refractivity contribution in [1.82, 2.24) is 19.5 Å². The first-order valence-electron chi connectivity index (χ1n) is 21.6. The van der Waals surface area contributed by atoms with Crippen LogP contribution >= 0.6 is 0 Å². The average Bonchev–Trinajstić information content (AvgIpc) is 3.93. The summed E-state index contributed by atoms with van der Waals surface area (Å²) in [5.41, 5.74) is 14.4. The maximum absolute atomic E-state index is 9.58. The molecule has 3 aromatic heterocycles. The van der Waals surface area contributed by atoms with Crippen LogP contribution in [0.2, 0.25) is 0 Å². The van der Waals surface area contributed by atoms with E-state index in [1.54, 1.807) is 0 Å². The highest BCUT2D eigenvalue weighted by Crippen LogP contribution is 2.42. The van der Waals surface area contributed by atoms with E-state index in [0.29, 0.717) is 28.6 Å². The first-order valence-corrected chi connectivity index (χ1v) is 21.6. The van der Waals surface area contributed by atoms with Crippen LogP contribution in [0.1, 0.15) is 11.1 Å². The van der Waals surface area contributed by atoms with E-state index in [4.69, 9.17) is 19.4 Å². The van der Waals surface area contributed by atoms with Crippen LogP contribution in [0.5, 0.6) is 0 Å². The van der Waals surface area contributed by atoms with Crippen molar-refractivity contribution in [3.8, 4) is 85.4 Å². The molecule has 0 radical (unpaired) electrons. The maximum Gasteiger partial charge on any atom is 0.166 e. The lowest BCUT2D eigenvalue weighted by atomic mass is 9.99. The van der Waals surface area contributed by atoms with E-state index in [9.17, 15) is 10.5 Å². The highest BCUT2D eigenvalue weighted by Gasteiger charge is 2.22. The summed E-state index contributed by atoms with van der Waals surface area (Å²) in [4.78, 5) is 15.7. The van der Waals surface area contributed by atoms with Gasteiger partial charge in [-0.15, -0.1) is 0 Å². The van der Waals surface area contributed by atoms with Gasteiger partial charge in [0, 0.05) is 38.2 Å². The van der Waals surface area contributed by atoms with E-state index in [-0.39, 0.29) is 0 Å². The summed E-state index contributed by atoms with van der Waals surface area (Å²) in [5, 5.41) is 23.4. The van der Waals surface area contributed by atoms with E-state index < -0.39 is 0 Å². The highest BCUT2D eigenvalue weighted by atomic mass is 16.3. The summed E-state index contributed by atoms with van der Waals surface area (Å²) in [6.45, 7) is 0. The number of rotatable bonds is 7. The Morgan fingerprint density at radius 2 is 0.803 bits per heavy atom. The zero-order valence-electron chi connectivity index (χ0n) is 35.2. The van der Waals surface area contributed by atoms with Crippen molar-refractivity contribution < 1.29 is 4.42 Å². The smallest absolute Gasteiger partial charge is 0.166 e. The Balaban J connectivity index is 1.16. The summed E-state index contributed by atoms with van der Waals surface area (Å²) in [7, 11) is 0.